The van der Waals surface area contributed by atoms with E-state index in [-0.39, 0.29) is 0 Å². The fraction of sp³-hybridized carbons (Fsp3) is 0.400. The first-order valence-electron chi connectivity index (χ1n) is 5.11. The maximum absolute atomic E-state index is 4.40. The van der Waals surface area contributed by atoms with Crippen molar-refractivity contribution in [2.24, 2.45) is 0 Å². The molecule has 1 fully saturated rings. The summed E-state index contributed by atoms with van der Waals surface area (Å²) in [6.45, 7) is 1.10. The standard InChI is InChI=1S/C10H12N4S/c1-2-7(11-3-1)9-13-6-8(14-9)10-12-4-5-15-10/h4-7,11H,1-3H2,(H,13,14). The normalized spacial score (nSPS) is 20.9. The highest BCUT2D eigenvalue weighted by atomic mass is 32.1. The zero-order chi connectivity index (χ0) is 10.1. The molecule has 3 rings (SSSR count). The molecule has 78 valence electrons. The van der Waals surface area contributed by atoms with Crippen molar-refractivity contribution in [3.8, 4) is 10.7 Å². The number of nitrogens with one attached hydrogen (secondary N) is 2. The van der Waals surface area contributed by atoms with Gasteiger partial charge in [-0.25, -0.2) is 9.97 Å². The fourth-order valence-corrected chi connectivity index (χ4v) is 2.50. The van der Waals surface area contributed by atoms with Crippen LogP contribution in [0.2, 0.25) is 0 Å². The Bertz CT molecular complexity index is 428. The minimum atomic E-state index is 0.402. The Labute approximate surface area is 91.8 Å². The molecule has 0 aliphatic carbocycles. The van der Waals surface area contributed by atoms with Gasteiger partial charge in [0.2, 0.25) is 0 Å². The van der Waals surface area contributed by atoms with Gasteiger partial charge in [-0.15, -0.1) is 11.3 Å². The van der Waals surface area contributed by atoms with Crippen molar-refractivity contribution in [3.05, 3.63) is 23.6 Å². The van der Waals surface area contributed by atoms with Gasteiger partial charge in [-0.3, -0.25) is 0 Å². The molecule has 1 aliphatic heterocycles. The van der Waals surface area contributed by atoms with Crippen LogP contribution in [0.3, 0.4) is 0 Å². The molecule has 0 amide bonds. The summed E-state index contributed by atoms with van der Waals surface area (Å²) in [5.41, 5.74) is 1.02. The van der Waals surface area contributed by atoms with Crippen LogP contribution in [0, 0.1) is 0 Å². The zero-order valence-electron chi connectivity index (χ0n) is 8.23. The lowest BCUT2D eigenvalue weighted by Gasteiger charge is -2.04. The highest BCUT2D eigenvalue weighted by molar-refractivity contribution is 7.13. The maximum Gasteiger partial charge on any atom is 0.141 e. The van der Waals surface area contributed by atoms with E-state index in [1.54, 1.807) is 11.3 Å². The molecule has 15 heavy (non-hydrogen) atoms. The van der Waals surface area contributed by atoms with Gasteiger partial charge in [-0.1, -0.05) is 0 Å². The van der Waals surface area contributed by atoms with Crippen LogP contribution in [-0.2, 0) is 0 Å². The number of hydrogen-bond acceptors (Lipinski definition) is 4. The van der Waals surface area contributed by atoms with E-state index in [1.807, 2.05) is 17.8 Å². The molecule has 0 spiro atoms. The van der Waals surface area contributed by atoms with E-state index in [0.717, 1.165) is 23.1 Å². The van der Waals surface area contributed by atoms with Crippen LogP contribution in [0.5, 0.6) is 0 Å². The zero-order valence-corrected chi connectivity index (χ0v) is 9.05. The predicted molar refractivity (Wildman–Crippen MR) is 59.7 cm³/mol. The van der Waals surface area contributed by atoms with Gasteiger partial charge in [-0.2, -0.15) is 0 Å². The SMILES string of the molecule is c1csc(-c2cnc(C3CCCN3)[nH]2)n1. The number of imidazole rings is 1. The van der Waals surface area contributed by atoms with Crippen molar-refractivity contribution in [2.45, 2.75) is 18.9 Å². The van der Waals surface area contributed by atoms with Crippen LogP contribution in [-0.4, -0.2) is 21.5 Å². The molecule has 1 saturated heterocycles. The lowest BCUT2D eigenvalue weighted by molar-refractivity contribution is 0.613. The lowest BCUT2D eigenvalue weighted by Crippen LogP contribution is -2.14. The third kappa shape index (κ3) is 1.68. The van der Waals surface area contributed by atoms with E-state index in [4.69, 9.17) is 0 Å². The number of hydrogen-bond donors (Lipinski definition) is 2. The summed E-state index contributed by atoms with van der Waals surface area (Å²) in [6.07, 6.45) is 6.09. The Morgan fingerprint density at radius 3 is 3.13 bits per heavy atom. The number of rotatable bonds is 2. The smallest absolute Gasteiger partial charge is 0.141 e. The second kappa shape index (κ2) is 3.75. The van der Waals surface area contributed by atoms with E-state index in [9.17, 15) is 0 Å². The van der Waals surface area contributed by atoms with Crippen LogP contribution in [0.1, 0.15) is 24.7 Å². The Hall–Kier alpha value is -1.20. The van der Waals surface area contributed by atoms with Gasteiger partial charge in [-0.05, 0) is 19.4 Å². The number of aromatic nitrogens is 3. The Kier molecular flexibility index (Phi) is 2.26. The molecule has 2 N–H and O–H groups in total. The third-order valence-electron chi connectivity index (χ3n) is 2.65. The molecular weight excluding hydrogens is 208 g/mol. The van der Waals surface area contributed by atoms with Crippen LogP contribution in [0.25, 0.3) is 10.7 Å². The van der Waals surface area contributed by atoms with Gasteiger partial charge >= 0.3 is 0 Å². The monoisotopic (exact) mass is 220 g/mol. The first kappa shape index (κ1) is 9.06. The maximum atomic E-state index is 4.40. The molecule has 0 bridgehead atoms. The number of aromatic amines is 1. The van der Waals surface area contributed by atoms with Crippen LogP contribution >= 0.6 is 11.3 Å². The van der Waals surface area contributed by atoms with Gasteiger partial charge in [0, 0.05) is 11.6 Å². The molecule has 0 saturated carbocycles. The van der Waals surface area contributed by atoms with E-state index in [1.165, 1.54) is 12.8 Å². The first-order chi connectivity index (χ1) is 7.43. The van der Waals surface area contributed by atoms with Crippen molar-refractivity contribution >= 4 is 11.3 Å². The molecular formula is C10H12N4S. The summed E-state index contributed by atoms with van der Waals surface area (Å²) >= 11 is 1.63. The quantitative estimate of drug-likeness (QED) is 0.813. The van der Waals surface area contributed by atoms with Crippen molar-refractivity contribution in [2.75, 3.05) is 6.54 Å². The minimum absolute atomic E-state index is 0.402. The molecule has 4 nitrogen and oxygen atoms in total. The summed E-state index contributed by atoms with van der Waals surface area (Å²) in [7, 11) is 0. The largest absolute Gasteiger partial charge is 0.339 e. The van der Waals surface area contributed by atoms with E-state index in [2.05, 4.69) is 20.3 Å². The third-order valence-corrected chi connectivity index (χ3v) is 3.45. The van der Waals surface area contributed by atoms with Gasteiger partial charge in [0.1, 0.15) is 10.8 Å². The number of nitrogens with zero attached hydrogens (tertiary/aromatic N) is 2. The summed E-state index contributed by atoms with van der Waals surface area (Å²) < 4.78 is 0. The summed E-state index contributed by atoms with van der Waals surface area (Å²) in [4.78, 5) is 12.0. The molecule has 0 radical (unpaired) electrons. The molecule has 2 aromatic heterocycles. The average molecular weight is 220 g/mol. The van der Waals surface area contributed by atoms with Gasteiger partial charge in [0.15, 0.2) is 0 Å². The predicted octanol–water partition coefficient (Wildman–Crippen LogP) is 1.96. The molecule has 1 atom stereocenters. The molecule has 1 unspecified atom stereocenters. The number of H-pyrrole nitrogens is 1. The molecule has 2 aromatic rings. The Morgan fingerprint density at radius 1 is 1.40 bits per heavy atom. The topological polar surface area (TPSA) is 53.6 Å². The van der Waals surface area contributed by atoms with Gasteiger partial charge in [0.25, 0.3) is 0 Å². The van der Waals surface area contributed by atoms with Crippen molar-refractivity contribution in [3.63, 3.8) is 0 Å². The second-order valence-corrected chi connectivity index (χ2v) is 4.56. The summed E-state index contributed by atoms with van der Waals surface area (Å²) in [5.74, 6) is 1.04. The van der Waals surface area contributed by atoms with Crippen molar-refractivity contribution in [1.29, 1.82) is 0 Å². The van der Waals surface area contributed by atoms with E-state index >= 15 is 0 Å². The minimum Gasteiger partial charge on any atom is -0.339 e. The van der Waals surface area contributed by atoms with E-state index in [0.29, 0.717) is 6.04 Å². The molecule has 3 heterocycles. The Morgan fingerprint density at radius 2 is 2.40 bits per heavy atom. The number of thiazole rings is 1. The van der Waals surface area contributed by atoms with Gasteiger partial charge < -0.3 is 10.3 Å². The fourth-order valence-electron chi connectivity index (χ4n) is 1.90. The van der Waals surface area contributed by atoms with Crippen molar-refractivity contribution in [1.82, 2.24) is 20.3 Å². The lowest BCUT2D eigenvalue weighted by atomic mass is 10.2. The van der Waals surface area contributed by atoms with Gasteiger partial charge in [0.05, 0.1) is 17.9 Å². The van der Waals surface area contributed by atoms with Crippen LogP contribution < -0.4 is 5.32 Å². The van der Waals surface area contributed by atoms with Crippen molar-refractivity contribution < 1.29 is 0 Å². The molecule has 0 aromatic carbocycles. The molecule has 1 aliphatic rings. The highest BCUT2D eigenvalue weighted by Gasteiger charge is 2.19. The summed E-state index contributed by atoms with van der Waals surface area (Å²) in [6, 6.07) is 0.402. The van der Waals surface area contributed by atoms with E-state index < -0.39 is 0 Å². The van der Waals surface area contributed by atoms with Crippen LogP contribution in [0.15, 0.2) is 17.8 Å². The Balaban J connectivity index is 1.87. The molecule has 5 heteroatoms. The average Bonchev–Trinajstić information content (AvgIpc) is 3.02. The highest BCUT2D eigenvalue weighted by Crippen LogP contribution is 2.24. The van der Waals surface area contributed by atoms with Crippen LogP contribution in [0.4, 0.5) is 0 Å². The summed E-state index contributed by atoms with van der Waals surface area (Å²) in [5, 5.41) is 6.40. The second-order valence-electron chi connectivity index (χ2n) is 3.67. The first-order valence-corrected chi connectivity index (χ1v) is 5.99.